The Balaban J connectivity index is 1.62. The van der Waals surface area contributed by atoms with Crippen molar-refractivity contribution in [3.63, 3.8) is 0 Å². The van der Waals surface area contributed by atoms with E-state index in [9.17, 15) is 31.6 Å². The van der Waals surface area contributed by atoms with E-state index in [4.69, 9.17) is 0 Å². The van der Waals surface area contributed by atoms with Crippen LogP contribution in [0.25, 0.3) is 0 Å². The third kappa shape index (κ3) is 3.34. The Morgan fingerprint density at radius 2 is 1.69 bits per heavy atom. The van der Waals surface area contributed by atoms with Gasteiger partial charge in [0.05, 0.1) is 5.69 Å². The van der Waals surface area contributed by atoms with Gasteiger partial charge in [-0.2, -0.15) is 0 Å². The second-order valence-electron chi connectivity index (χ2n) is 8.82. The molecule has 1 unspecified atom stereocenters. The first-order valence-corrected chi connectivity index (χ1v) is 12.6. The van der Waals surface area contributed by atoms with Crippen LogP contribution in [-0.2, 0) is 29.1 Å². The fraction of sp³-hybridized carbons (Fsp3) is 0.348. The predicted molar refractivity (Wildman–Crippen MR) is 122 cm³/mol. The molecule has 0 saturated carbocycles. The number of rotatable bonds is 3. The number of sulfone groups is 1. The molecule has 0 aromatic heterocycles. The summed E-state index contributed by atoms with van der Waals surface area (Å²) in [6.07, 6.45) is 0. The Kier molecular flexibility index (Phi) is 5.40. The minimum Gasteiger partial charge on any atom is -0.339 e. The van der Waals surface area contributed by atoms with E-state index in [1.54, 1.807) is 11.0 Å². The van der Waals surface area contributed by atoms with Crippen molar-refractivity contribution in [2.24, 2.45) is 0 Å². The summed E-state index contributed by atoms with van der Waals surface area (Å²) in [5, 5.41) is 0. The molecule has 2 saturated heterocycles. The Morgan fingerprint density at radius 3 is 2.37 bits per heavy atom. The second kappa shape index (κ2) is 8.09. The van der Waals surface area contributed by atoms with Gasteiger partial charge in [-0.3, -0.25) is 24.2 Å². The van der Waals surface area contributed by atoms with E-state index in [2.05, 4.69) is 4.90 Å². The number of halogens is 2. The van der Waals surface area contributed by atoms with Gasteiger partial charge >= 0.3 is 0 Å². The first kappa shape index (κ1) is 23.4. The fourth-order valence-electron chi connectivity index (χ4n) is 4.96. The molecule has 12 heteroatoms. The van der Waals surface area contributed by atoms with Crippen LogP contribution in [0.15, 0.2) is 42.5 Å². The molecule has 1 atom stereocenters. The van der Waals surface area contributed by atoms with Gasteiger partial charge in [0.1, 0.15) is 12.3 Å². The normalized spacial score (nSPS) is 23.9. The molecule has 2 aromatic carbocycles. The summed E-state index contributed by atoms with van der Waals surface area (Å²) in [5.74, 6) is -5.79. The molecule has 0 radical (unpaired) electrons. The molecule has 35 heavy (non-hydrogen) atoms. The molecule has 184 valence electrons. The monoisotopic (exact) mass is 504 g/mol. The molecule has 5 rings (SSSR count). The smallest absolute Gasteiger partial charge is 0.274 e. The number of nitrogens with zero attached hydrogens (tertiary/aromatic N) is 4. The van der Waals surface area contributed by atoms with E-state index in [1.165, 1.54) is 18.2 Å². The van der Waals surface area contributed by atoms with E-state index in [0.717, 1.165) is 17.0 Å². The molecule has 3 heterocycles. The third-order valence-corrected chi connectivity index (χ3v) is 8.84. The number of amides is 3. The van der Waals surface area contributed by atoms with Crippen LogP contribution >= 0.6 is 0 Å². The standard InChI is InChI=1S/C23H22F2N4O5S/c1-26-8-10-27(11-9-26)20(30)13-28-19-5-3-2-4-16(19)23(22(28)32)29(21(31)14-35(23,33)34)15-6-7-17(24)18(25)12-15/h2-7,12H,8-11,13-14H2,1H3. The van der Waals surface area contributed by atoms with E-state index in [1.807, 2.05) is 7.05 Å². The Morgan fingerprint density at radius 1 is 1.00 bits per heavy atom. The summed E-state index contributed by atoms with van der Waals surface area (Å²) in [4.78, 5) is 42.9. The van der Waals surface area contributed by atoms with Gasteiger partial charge < -0.3 is 9.80 Å². The van der Waals surface area contributed by atoms with Gasteiger partial charge in [0.15, 0.2) is 21.5 Å². The number of anilines is 2. The number of para-hydroxylation sites is 1. The molecule has 3 aliphatic heterocycles. The van der Waals surface area contributed by atoms with Crippen LogP contribution in [0.4, 0.5) is 20.2 Å². The van der Waals surface area contributed by atoms with Crippen LogP contribution in [0.2, 0.25) is 0 Å². The van der Waals surface area contributed by atoms with Gasteiger partial charge in [-0.15, -0.1) is 0 Å². The summed E-state index contributed by atoms with van der Waals surface area (Å²) < 4.78 is 54.7. The zero-order chi connectivity index (χ0) is 25.1. The van der Waals surface area contributed by atoms with Crippen molar-refractivity contribution >= 4 is 38.9 Å². The van der Waals surface area contributed by atoms with Crippen LogP contribution in [0, 0.1) is 11.6 Å². The fourth-order valence-corrected chi connectivity index (χ4v) is 7.00. The Hall–Kier alpha value is -3.38. The van der Waals surface area contributed by atoms with Crippen molar-refractivity contribution in [2.75, 3.05) is 55.3 Å². The molecule has 0 bridgehead atoms. The van der Waals surface area contributed by atoms with Gasteiger partial charge in [0.2, 0.25) is 11.8 Å². The van der Waals surface area contributed by atoms with Crippen molar-refractivity contribution < 1.29 is 31.6 Å². The summed E-state index contributed by atoms with van der Waals surface area (Å²) in [6.45, 7) is 1.82. The number of fused-ring (bicyclic) bond motifs is 2. The molecule has 2 fully saturated rings. The summed E-state index contributed by atoms with van der Waals surface area (Å²) in [7, 11) is -2.55. The van der Waals surface area contributed by atoms with E-state index < -0.39 is 50.5 Å². The predicted octanol–water partition coefficient (Wildman–Crippen LogP) is 0.700. The second-order valence-corrected chi connectivity index (χ2v) is 10.9. The average Bonchev–Trinajstić information content (AvgIpc) is 3.19. The average molecular weight is 505 g/mol. The van der Waals surface area contributed by atoms with Crippen LogP contribution in [0.1, 0.15) is 5.56 Å². The number of piperazine rings is 1. The largest absolute Gasteiger partial charge is 0.339 e. The van der Waals surface area contributed by atoms with Gasteiger partial charge in [-0.1, -0.05) is 18.2 Å². The van der Waals surface area contributed by atoms with Gasteiger partial charge in [0.25, 0.3) is 10.8 Å². The zero-order valence-electron chi connectivity index (χ0n) is 18.8. The molecule has 9 nitrogen and oxygen atoms in total. The number of likely N-dealkylation sites (N-methyl/N-ethyl adjacent to an activating group) is 1. The van der Waals surface area contributed by atoms with Gasteiger partial charge in [-0.25, -0.2) is 17.2 Å². The van der Waals surface area contributed by atoms with E-state index in [0.29, 0.717) is 37.1 Å². The number of hydrogen-bond donors (Lipinski definition) is 0. The molecule has 0 aliphatic carbocycles. The lowest BCUT2D eigenvalue weighted by atomic mass is 10.0. The summed E-state index contributed by atoms with van der Waals surface area (Å²) in [5.41, 5.74) is -0.108. The van der Waals surface area contributed by atoms with Crippen LogP contribution < -0.4 is 9.80 Å². The SMILES string of the molecule is CN1CCN(C(=O)CN2C(=O)C3(c4ccccc42)N(c2ccc(F)c(F)c2)C(=O)CS3(=O)=O)CC1. The maximum Gasteiger partial charge on any atom is 0.274 e. The van der Waals surface area contributed by atoms with Crippen molar-refractivity contribution in [1.29, 1.82) is 0 Å². The minimum absolute atomic E-state index is 0.00763. The topological polar surface area (TPSA) is 98.3 Å². The molecular weight excluding hydrogens is 482 g/mol. The highest BCUT2D eigenvalue weighted by molar-refractivity contribution is 7.94. The van der Waals surface area contributed by atoms with Crippen molar-refractivity contribution in [1.82, 2.24) is 9.80 Å². The minimum atomic E-state index is -4.48. The number of carbonyl (C=O) groups excluding carboxylic acids is 3. The molecule has 2 aromatic rings. The summed E-state index contributed by atoms with van der Waals surface area (Å²) in [6, 6.07) is 8.50. The number of benzene rings is 2. The maximum absolute atomic E-state index is 14.1. The first-order valence-electron chi connectivity index (χ1n) is 11.0. The highest BCUT2D eigenvalue weighted by Crippen LogP contribution is 2.52. The Labute approximate surface area is 200 Å². The molecule has 3 aliphatic rings. The van der Waals surface area contributed by atoms with Crippen LogP contribution in [0.3, 0.4) is 0 Å². The first-order chi connectivity index (χ1) is 16.6. The third-order valence-electron chi connectivity index (χ3n) is 6.73. The summed E-state index contributed by atoms with van der Waals surface area (Å²) >= 11 is 0. The lowest BCUT2D eigenvalue weighted by Gasteiger charge is -2.34. The van der Waals surface area contributed by atoms with E-state index in [-0.39, 0.29) is 22.8 Å². The van der Waals surface area contributed by atoms with Crippen molar-refractivity contribution in [3.8, 4) is 0 Å². The molecule has 1 spiro atoms. The lowest BCUT2D eigenvalue weighted by Crippen LogP contribution is -2.56. The zero-order valence-corrected chi connectivity index (χ0v) is 19.6. The maximum atomic E-state index is 14.1. The van der Waals surface area contributed by atoms with E-state index >= 15 is 0 Å². The Bertz CT molecular complexity index is 1360. The van der Waals surface area contributed by atoms with Crippen molar-refractivity contribution in [2.45, 2.75) is 4.87 Å². The van der Waals surface area contributed by atoms with Gasteiger partial charge in [0, 0.05) is 43.5 Å². The molecular formula is C23H22F2N4O5S. The van der Waals surface area contributed by atoms with Gasteiger partial charge in [-0.05, 0) is 25.2 Å². The molecule has 0 N–H and O–H groups in total. The van der Waals surface area contributed by atoms with Crippen LogP contribution in [0.5, 0.6) is 0 Å². The number of hydrogen-bond acceptors (Lipinski definition) is 6. The molecule has 3 amide bonds. The van der Waals surface area contributed by atoms with Crippen molar-refractivity contribution in [3.05, 3.63) is 59.7 Å². The lowest BCUT2D eigenvalue weighted by molar-refractivity contribution is -0.133. The quantitative estimate of drug-likeness (QED) is 0.611. The highest BCUT2D eigenvalue weighted by Gasteiger charge is 2.69. The highest BCUT2D eigenvalue weighted by atomic mass is 32.2. The van der Waals surface area contributed by atoms with Crippen LogP contribution in [-0.4, -0.2) is 81.5 Å². The number of carbonyl (C=O) groups is 3.